The van der Waals surface area contributed by atoms with Gasteiger partial charge in [-0.1, -0.05) is 29.5 Å². The van der Waals surface area contributed by atoms with E-state index in [0.29, 0.717) is 20.6 Å². The number of esters is 1. The summed E-state index contributed by atoms with van der Waals surface area (Å²) in [5.74, 6) is -0.461. The van der Waals surface area contributed by atoms with Gasteiger partial charge in [-0.15, -0.1) is 0 Å². The molecule has 1 aliphatic rings. The molecule has 0 unspecified atom stereocenters. The molecule has 0 saturated heterocycles. The van der Waals surface area contributed by atoms with Gasteiger partial charge in [-0.2, -0.15) is 0 Å². The van der Waals surface area contributed by atoms with E-state index in [4.69, 9.17) is 4.74 Å². The second-order valence-electron chi connectivity index (χ2n) is 7.57. The van der Waals surface area contributed by atoms with Crippen LogP contribution in [0.5, 0.6) is 0 Å². The highest BCUT2D eigenvalue weighted by Gasteiger charge is 2.33. The fraction of sp³-hybridized carbons (Fsp3) is 0.250. The molecular formula is C24H24N4O3S. The Morgan fingerprint density at radius 2 is 2.00 bits per heavy atom. The lowest BCUT2D eigenvalue weighted by Crippen LogP contribution is -2.39. The molecule has 164 valence electrons. The van der Waals surface area contributed by atoms with Crippen molar-refractivity contribution in [1.82, 2.24) is 9.55 Å². The first-order valence-electron chi connectivity index (χ1n) is 10.3. The van der Waals surface area contributed by atoms with Gasteiger partial charge in [0.15, 0.2) is 4.80 Å². The third-order valence-corrected chi connectivity index (χ3v) is 6.21. The number of thiazole rings is 1. The van der Waals surface area contributed by atoms with Crippen LogP contribution in [-0.2, 0) is 9.53 Å². The van der Waals surface area contributed by atoms with Gasteiger partial charge in [0.1, 0.15) is 0 Å². The lowest BCUT2D eigenvalue weighted by atomic mass is 9.95. The number of benzene rings is 1. The van der Waals surface area contributed by atoms with E-state index in [9.17, 15) is 9.59 Å². The van der Waals surface area contributed by atoms with Crippen molar-refractivity contribution in [3.63, 3.8) is 0 Å². The van der Waals surface area contributed by atoms with E-state index in [0.717, 1.165) is 16.8 Å². The summed E-state index contributed by atoms with van der Waals surface area (Å²) < 4.78 is 7.46. The Bertz CT molecular complexity index is 1350. The van der Waals surface area contributed by atoms with Gasteiger partial charge in [0.25, 0.3) is 5.56 Å². The fourth-order valence-electron chi connectivity index (χ4n) is 3.67. The maximum atomic E-state index is 13.5. The molecule has 1 aliphatic heterocycles. The third kappa shape index (κ3) is 4.01. The van der Waals surface area contributed by atoms with Crippen molar-refractivity contribution in [2.75, 3.05) is 25.6 Å². The van der Waals surface area contributed by atoms with Crippen molar-refractivity contribution in [1.29, 1.82) is 0 Å². The summed E-state index contributed by atoms with van der Waals surface area (Å²) in [5, 5.41) is 0. The van der Waals surface area contributed by atoms with E-state index >= 15 is 0 Å². The molecule has 32 heavy (non-hydrogen) atoms. The Morgan fingerprint density at radius 1 is 1.25 bits per heavy atom. The number of rotatable bonds is 5. The van der Waals surface area contributed by atoms with E-state index in [-0.39, 0.29) is 12.2 Å². The number of carbonyl (C=O) groups is 1. The quantitative estimate of drug-likeness (QED) is 0.560. The first-order valence-corrected chi connectivity index (χ1v) is 11.1. The van der Waals surface area contributed by atoms with Crippen LogP contribution in [0.1, 0.15) is 31.0 Å². The number of pyridine rings is 1. The van der Waals surface area contributed by atoms with Gasteiger partial charge in [-0.3, -0.25) is 14.3 Å². The van der Waals surface area contributed by atoms with E-state index in [1.54, 1.807) is 36.9 Å². The summed E-state index contributed by atoms with van der Waals surface area (Å²) in [5.41, 5.74) is 3.40. The summed E-state index contributed by atoms with van der Waals surface area (Å²) in [7, 11) is 3.93. The molecule has 4 rings (SSSR count). The molecule has 8 heteroatoms. The number of ether oxygens (including phenoxy) is 1. The SMILES string of the molecule is CCOC(=O)C1=C(C)N=c2s/c(=C\c3cccnc3)c(=O)n2[C@@H]1c1ccc(N(C)C)cc1. The number of nitrogens with zero attached hydrogens (tertiary/aromatic N) is 4. The zero-order chi connectivity index (χ0) is 22.8. The van der Waals surface area contributed by atoms with Crippen molar-refractivity contribution in [2.45, 2.75) is 19.9 Å². The number of anilines is 1. The van der Waals surface area contributed by atoms with Gasteiger partial charge in [0, 0.05) is 32.2 Å². The van der Waals surface area contributed by atoms with Gasteiger partial charge >= 0.3 is 5.97 Å². The Hall–Kier alpha value is -3.52. The third-order valence-electron chi connectivity index (χ3n) is 5.22. The minimum absolute atomic E-state index is 0.200. The molecule has 1 aromatic carbocycles. The molecule has 0 saturated carbocycles. The number of aromatic nitrogens is 2. The number of allylic oxidation sites excluding steroid dienone is 1. The van der Waals surface area contributed by atoms with Crippen LogP contribution in [0.3, 0.4) is 0 Å². The minimum atomic E-state index is -0.613. The number of hydrogen-bond acceptors (Lipinski definition) is 7. The van der Waals surface area contributed by atoms with Crippen molar-refractivity contribution in [3.8, 4) is 0 Å². The fourth-order valence-corrected chi connectivity index (χ4v) is 4.72. The van der Waals surface area contributed by atoms with Crippen molar-refractivity contribution >= 4 is 29.1 Å². The summed E-state index contributed by atoms with van der Waals surface area (Å²) in [6.07, 6.45) is 5.18. The standard InChI is InChI=1S/C24H24N4O3S/c1-5-31-23(30)20-15(2)26-24-28(21(20)17-8-10-18(11-9-17)27(3)4)22(29)19(32-24)13-16-7-6-12-25-14-16/h6-14,21H,5H2,1-4H3/b19-13-/t21-/m1/s1. The second-order valence-corrected chi connectivity index (χ2v) is 8.58. The predicted octanol–water partition coefficient (Wildman–Crippen LogP) is 2.26. The molecule has 0 N–H and O–H groups in total. The normalized spacial score (nSPS) is 15.9. The lowest BCUT2D eigenvalue weighted by Gasteiger charge is -2.25. The maximum absolute atomic E-state index is 13.5. The molecule has 0 aliphatic carbocycles. The van der Waals surface area contributed by atoms with E-state index in [1.165, 1.54) is 11.3 Å². The molecule has 1 atom stereocenters. The van der Waals surface area contributed by atoms with Gasteiger partial charge in [-0.25, -0.2) is 9.79 Å². The molecule has 0 spiro atoms. The number of hydrogen-bond donors (Lipinski definition) is 0. The molecule has 0 radical (unpaired) electrons. The van der Waals surface area contributed by atoms with Gasteiger partial charge < -0.3 is 9.64 Å². The monoisotopic (exact) mass is 448 g/mol. The van der Waals surface area contributed by atoms with Crippen LogP contribution in [0.15, 0.2) is 69.8 Å². The van der Waals surface area contributed by atoms with E-state index < -0.39 is 12.0 Å². The Kier molecular flexibility index (Phi) is 6.05. The van der Waals surface area contributed by atoms with Crippen molar-refractivity contribution in [3.05, 3.63) is 90.9 Å². The molecule has 0 amide bonds. The highest BCUT2D eigenvalue weighted by atomic mass is 32.1. The summed E-state index contributed by atoms with van der Waals surface area (Å²) in [6, 6.07) is 10.9. The average molecular weight is 449 g/mol. The Balaban J connectivity index is 1.94. The maximum Gasteiger partial charge on any atom is 0.338 e. The van der Waals surface area contributed by atoms with Crippen LogP contribution in [-0.4, -0.2) is 36.2 Å². The highest BCUT2D eigenvalue weighted by molar-refractivity contribution is 7.07. The molecule has 0 fully saturated rings. The van der Waals surface area contributed by atoms with Crippen LogP contribution >= 0.6 is 11.3 Å². The minimum Gasteiger partial charge on any atom is -0.463 e. The lowest BCUT2D eigenvalue weighted by molar-refractivity contribution is -0.139. The summed E-state index contributed by atoms with van der Waals surface area (Å²) >= 11 is 1.30. The molecule has 0 bridgehead atoms. The predicted molar refractivity (Wildman–Crippen MR) is 125 cm³/mol. The van der Waals surface area contributed by atoms with Crippen LogP contribution < -0.4 is 19.8 Å². The van der Waals surface area contributed by atoms with Crippen molar-refractivity contribution < 1.29 is 9.53 Å². The number of carbonyl (C=O) groups excluding carboxylic acids is 1. The van der Waals surface area contributed by atoms with Gasteiger partial charge in [-0.05, 0) is 49.2 Å². The summed E-state index contributed by atoms with van der Waals surface area (Å²) in [6.45, 7) is 3.79. The van der Waals surface area contributed by atoms with Crippen LogP contribution in [0, 0.1) is 0 Å². The molecular weight excluding hydrogens is 424 g/mol. The summed E-state index contributed by atoms with van der Waals surface area (Å²) in [4.78, 5) is 37.7. The zero-order valence-corrected chi connectivity index (χ0v) is 19.2. The van der Waals surface area contributed by atoms with Crippen molar-refractivity contribution in [2.24, 2.45) is 4.99 Å². The van der Waals surface area contributed by atoms with Gasteiger partial charge in [0.05, 0.1) is 28.5 Å². The number of fused-ring (bicyclic) bond motifs is 1. The molecule has 3 aromatic rings. The Labute approximate surface area is 189 Å². The largest absolute Gasteiger partial charge is 0.463 e. The average Bonchev–Trinajstić information content (AvgIpc) is 3.08. The van der Waals surface area contributed by atoms with Gasteiger partial charge in [0.2, 0.25) is 0 Å². The van der Waals surface area contributed by atoms with E-state index in [1.807, 2.05) is 55.4 Å². The first kappa shape index (κ1) is 21.7. The second kappa shape index (κ2) is 8.92. The van der Waals surface area contributed by atoms with Crippen LogP contribution in [0.25, 0.3) is 6.08 Å². The zero-order valence-electron chi connectivity index (χ0n) is 18.4. The molecule has 7 nitrogen and oxygen atoms in total. The molecule has 3 heterocycles. The first-order chi connectivity index (χ1) is 15.4. The van der Waals surface area contributed by atoms with E-state index in [2.05, 4.69) is 9.98 Å². The van der Waals surface area contributed by atoms with Crippen LogP contribution in [0.4, 0.5) is 5.69 Å². The highest BCUT2D eigenvalue weighted by Crippen LogP contribution is 2.31. The van der Waals surface area contributed by atoms with Crippen LogP contribution in [0.2, 0.25) is 0 Å². The smallest absolute Gasteiger partial charge is 0.338 e. The molecule has 2 aromatic heterocycles. The topological polar surface area (TPSA) is 76.8 Å². The Morgan fingerprint density at radius 3 is 2.62 bits per heavy atom.